The smallest absolute Gasteiger partial charge is 0.271 e. The zero-order chi connectivity index (χ0) is 13.8. The van der Waals surface area contributed by atoms with E-state index in [1.54, 1.807) is 0 Å². The van der Waals surface area contributed by atoms with Crippen LogP contribution in [0.5, 0.6) is 0 Å². The summed E-state index contributed by atoms with van der Waals surface area (Å²) in [6.45, 7) is 0.0496. The van der Waals surface area contributed by atoms with Crippen molar-refractivity contribution in [3.63, 3.8) is 0 Å². The number of hydrogen-bond acceptors (Lipinski definition) is 4. The summed E-state index contributed by atoms with van der Waals surface area (Å²) >= 11 is 0. The molecule has 0 bridgehead atoms. The molecule has 0 atom stereocenters. The van der Waals surface area contributed by atoms with Crippen LogP contribution in [0.15, 0.2) is 6.20 Å². The Kier molecular flexibility index (Phi) is 4.03. The second kappa shape index (κ2) is 5.73. The highest BCUT2D eigenvalue weighted by atomic mass is 16.2. The zero-order valence-corrected chi connectivity index (χ0v) is 10.8. The number of carbonyl (C=O) groups is 2. The molecule has 1 aliphatic rings. The van der Waals surface area contributed by atoms with Crippen molar-refractivity contribution in [2.75, 3.05) is 5.73 Å². The maximum absolute atomic E-state index is 11.8. The molecule has 7 heteroatoms. The predicted molar refractivity (Wildman–Crippen MR) is 70.2 cm³/mol. The van der Waals surface area contributed by atoms with Crippen LogP contribution in [0.1, 0.15) is 42.6 Å². The third kappa shape index (κ3) is 3.46. The minimum atomic E-state index is -0.691. The highest BCUT2D eigenvalue weighted by Gasteiger charge is 2.17. The molecule has 0 aromatic carbocycles. The number of hydrogen-bond donors (Lipinski definition) is 3. The maximum atomic E-state index is 11.8. The number of anilines is 1. The van der Waals surface area contributed by atoms with Crippen LogP contribution in [-0.4, -0.2) is 27.6 Å². The van der Waals surface area contributed by atoms with Crippen LogP contribution in [0.4, 0.5) is 5.69 Å². The summed E-state index contributed by atoms with van der Waals surface area (Å²) in [7, 11) is 0. The Morgan fingerprint density at radius 2 is 2.05 bits per heavy atom. The Hall–Kier alpha value is -2.05. The van der Waals surface area contributed by atoms with Gasteiger partial charge in [0.25, 0.3) is 5.91 Å². The number of carbonyl (C=O) groups excluding carboxylic acids is 2. The van der Waals surface area contributed by atoms with Crippen LogP contribution in [-0.2, 0) is 11.3 Å². The van der Waals surface area contributed by atoms with E-state index in [2.05, 4.69) is 10.4 Å². The Morgan fingerprint density at radius 3 is 2.63 bits per heavy atom. The first-order valence-corrected chi connectivity index (χ1v) is 6.48. The van der Waals surface area contributed by atoms with E-state index < -0.39 is 5.91 Å². The summed E-state index contributed by atoms with van der Waals surface area (Å²) in [5.74, 6) is -0.811. The van der Waals surface area contributed by atoms with Crippen molar-refractivity contribution in [2.45, 2.75) is 44.7 Å². The van der Waals surface area contributed by atoms with Gasteiger partial charge < -0.3 is 16.8 Å². The molecule has 2 rings (SSSR count). The van der Waals surface area contributed by atoms with Gasteiger partial charge in [0.2, 0.25) is 5.91 Å². The molecule has 2 amide bonds. The average Bonchev–Trinajstić information content (AvgIpc) is 2.71. The molecule has 1 saturated carbocycles. The minimum Gasteiger partial charge on any atom is -0.396 e. The Labute approximate surface area is 111 Å². The first kappa shape index (κ1) is 13.4. The second-order valence-corrected chi connectivity index (χ2v) is 4.90. The lowest BCUT2D eigenvalue weighted by Gasteiger charge is -2.22. The standard InChI is InChI=1S/C12H19N5O2/c13-9-6-17(16-11(9)12(14)19)7-10(18)15-8-4-2-1-3-5-8/h6,8H,1-5,7,13H2,(H2,14,19)(H,15,18). The number of primary amides is 1. The number of rotatable bonds is 4. The Morgan fingerprint density at radius 1 is 1.37 bits per heavy atom. The SMILES string of the molecule is NC(=O)c1nn(CC(=O)NC2CCCCC2)cc1N. The number of nitrogens with one attached hydrogen (secondary N) is 1. The summed E-state index contributed by atoms with van der Waals surface area (Å²) in [4.78, 5) is 22.8. The largest absolute Gasteiger partial charge is 0.396 e. The molecule has 1 fully saturated rings. The quantitative estimate of drug-likeness (QED) is 0.711. The van der Waals surface area contributed by atoms with E-state index in [1.165, 1.54) is 17.3 Å². The molecular formula is C12H19N5O2. The zero-order valence-electron chi connectivity index (χ0n) is 10.8. The summed E-state index contributed by atoms with van der Waals surface area (Å²) in [5.41, 5.74) is 10.9. The van der Waals surface area contributed by atoms with Gasteiger partial charge >= 0.3 is 0 Å². The molecule has 0 unspecified atom stereocenters. The van der Waals surface area contributed by atoms with Crippen molar-refractivity contribution in [3.8, 4) is 0 Å². The van der Waals surface area contributed by atoms with E-state index in [-0.39, 0.29) is 29.9 Å². The molecule has 104 valence electrons. The molecule has 1 aromatic heterocycles. The Balaban J connectivity index is 1.91. The van der Waals surface area contributed by atoms with E-state index >= 15 is 0 Å². The van der Waals surface area contributed by atoms with Gasteiger partial charge in [-0.2, -0.15) is 5.10 Å². The third-order valence-corrected chi connectivity index (χ3v) is 3.30. The number of aromatic nitrogens is 2. The van der Waals surface area contributed by atoms with Gasteiger partial charge in [0.05, 0.1) is 5.69 Å². The van der Waals surface area contributed by atoms with Crippen LogP contribution in [0.3, 0.4) is 0 Å². The van der Waals surface area contributed by atoms with Gasteiger partial charge in [0.15, 0.2) is 5.69 Å². The highest BCUT2D eigenvalue weighted by molar-refractivity contribution is 5.95. The van der Waals surface area contributed by atoms with E-state index in [0.29, 0.717) is 0 Å². The van der Waals surface area contributed by atoms with Gasteiger partial charge in [-0.05, 0) is 12.8 Å². The van der Waals surface area contributed by atoms with Gasteiger partial charge in [-0.1, -0.05) is 19.3 Å². The fourth-order valence-electron chi connectivity index (χ4n) is 2.38. The molecule has 0 saturated heterocycles. The third-order valence-electron chi connectivity index (χ3n) is 3.30. The first-order chi connectivity index (χ1) is 9.06. The Bertz CT molecular complexity index is 476. The molecule has 1 aliphatic carbocycles. The number of amides is 2. The lowest BCUT2D eigenvalue weighted by Crippen LogP contribution is -2.38. The van der Waals surface area contributed by atoms with E-state index in [4.69, 9.17) is 11.5 Å². The van der Waals surface area contributed by atoms with Crippen LogP contribution in [0, 0.1) is 0 Å². The van der Waals surface area contributed by atoms with Gasteiger partial charge in [-0.15, -0.1) is 0 Å². The highest BCUT2D eigenvalue weighted by Crippen LogP contribution is 2.17. The fourth-order valence-corrected chi connectivity index (χ4v) is 2.38. The number of nitrogens with zero attached hydrogens (tertiary/aromatic N) is 2. The molecule has 5 N–H and O–H groups in total. The lowest BCUT2D eigenvalue weighted by atomic mass is 9.95. The normalized spacial score (nSPS) is 16.2. The van der Waals surface area contributed by atoms with Gasteiger partial charge in [-0.3, -0.25) is 14.3 Å². The average molecular weight is 265 g/mol. The topological polar surface area (TPSA) is 116 Å². The molecule has 1 aromatic rings. The summed E-state index contributed by atoms with van der Waals surface area (Å²) in [6.07, 6.45) is 7.06. The van der Waals surface area contributed by atoms with Gasteiger partial charge in [0, 0.05) is 12.2 Å². The summed E-state index contributed by atoms with van der Waals surface area (Å²) < 4.78 is 1.34. The van der Waals surface area contributed by atoms with Gasteiger partial charge in [-0.25, -0.2) is 0 Å². The predicted octanol–water partition coefficient (Wildman–Crippen LogP) is 0.0131. The molecular weight excluding hydrogens is 246 g/mol. The van der Waals surface area contributed by atoms with Crippen LogP contribution < -0.4 is 16.8 Å². The molecule has 1 heterocycles. The minimum absolute atomic E-state index is 0.00506. The number of nitrogens with two attached hydrogens (primary N) is 2. The van der Waals surface area contributed by atoms with Crippen molar-refractivity contribution < 1.29 is 9.59 Å². The fraction of sp³-hybridized carbons (Fsp3) is 0.583. The maximum Gasteiger partial charge on any atom is 0.271 e. The van der Waals surface area contributed by atoms with Gasteiger partial charge in [0.1, 0.15) is 6.54 Å². The molecule has 0 radical (unpaired) electrons. The molecule has 0 aliphatic heterocycles. The van der Waals surface area contributed by atoms with Crippen molar-refractivity contribution in [2.24, 2.45) is 5.73 Å². The van der Waals surface area contributed by atoms with Crippen LogP contribution >= 0.6 is 0 Å². The van der Waals surface area contributed by atoms with Crippen molar-refractivity contribution in [3.05, 3.63) is 11.9 Å². The van der Waals surface area contributed by atoms with Crippen molar-refractivity contribution in [1.29, 1.82) is 0 Å². The molecule has 19 heavy (non-hydrogen) atoms. The lowest BCUT2D eigenvalue weighted by molar-refractivity contribution is -0.122. The summed E-state index contributed by atoms with van der Waals surface area (Å²) in [6, 6.07) is 0.254. The van der Waals surface area contributed by atoms with E-state index in [9.17, 15) is 9.59 Å². The molecule has 0 spiro atoms. The van der Waals surface area contributed by atoms with Crippen molar-refractivity contribution in [1.82, 2.24) is 15.1 Å². The number of nitrogen functional groups attached to an aromatic ring is 1. The van der Waals surface area contributed by atoms with Crippen LogP contribution in [0.2, 0.25) is 0 Å². The monoisotopic (exact) mass is 265 g/mol. The second-order valence-electron chi connectivity index (χ2n) is 4.90. The van der Waals surface area contributed by atoms with E-state index in [1.807, 2.05) is 0 Å². The van der Waals surface area contributed by atoms with Crippen LogP contribution in [0.25, 0.3) is 0 Å². The molecule has 7 nitrogen and oxygen atoms in total. The van der Waals surface area contributed by atoms with Crippen molar-refractivity contribution >= 4 is 17.5 Å². The summed E-state index contributed by atoms with van der Waals surface area (Å²) in [5, 5.41) is 6.87. The van der Waals surface area contributed by atoms with E-state index in [0.717, 1.165) is 25.7 Å². The first-order valence-electron chi connectivity index (χ1n) is 6.48.